The van der Waals surface area contributed by atoms with E-state index in [1.807, 2.05) is 18.2 Å². The first-order valence-corrected chi connectivity index (χ1v) is 6.95. The molecule has 0 aliphatic carbocycles. The standard InChI is InChI=1S/C13H23BN2O2.CO2/c15-13(8-4-5-9-14(17)18)11-16-10-12-6-2-1-3-7-12;2-1-3/h1-3,6-7,13,16-18H,4-5,8-11,15H2;. The summed E-state index contributed by atoms with van der Waals surface area (Å²) >= 11 is 0. The van der Waals surface area contributed by atoms with E-state index >= 15 is 0 Å². The highest BCUT2D eigenvalue weighted by atomic mass is 16.4. The molecule has 116 valence electrons. The fourth-order valence-electron chi connectivity index (χ4n) is 1.83. The number of nitrogens with two attached hydrogens (primary N) is 1. The molecule has 1 atom stereocenters. The van der Waals surface area contributed by atoms with Gasteiger partial charge in [-0.1, -0.05) is 43.2 Å². The van der Waals surface area contributed by atoms with Crippen LogP contribution in [0.5, 0.6) is 0 Å². The van der Waals surface area contributed by atoms with Crippen LogP contribution in [0, 0.1) is 0 Å². The normalized spacial score (nSPS) is 11.0. The predicted molar refractivity (Wildman–Crippen MR) is 80.0 cm³/mol. The van der Waals surface area contributed by atoms with Gasteiger partial charge in [0.15, 0.2) is 0 Å². The van der Waals surface area contributed by atoms with Gasteiger partial charge in [-0.2, -0.15) is 9.59 Å². The Bertz CT molecular complexity index is 384. The Balaban J connectivity index is 0.00000122. The number of carbonyl (C=O) groups excluding carboxylic acids is 2. The van der Waals surface area contributed by atoms with Gasteiger partial charge in [-0.25, -0.2) is 0 Å². The van der Waals surface area contributed by atoms with Gasteiger partial charge in [0.2, 0.25) is 0 Å². The zero-order valence-corrected chi connectivity index (χ0v) is 12.1. The van der Waals surface area contributed by atoms with Crippen LogP contribution in [0.4, 0.5) is 0 Å². The van der Waals surface area contributed by atoms with Gasteiger partial charge in [0.1, 0.15) is 0 Å². The van der Waals surface area contributed by atoms with E-state index in [0.29, 0.717) is 6.32 Å². The summed E-state index contributed by atoms with van der Waals surface area (Å²) in [6.07, 6.45) is 3.34. The van der Waals surface area contributed by atoms with Crippen LogP contribution in [-0.2, 0) is 16.1 Å². The lowest BCUT2D eigenvalue weighted by Crippen LogP contribution is -2.33. The molecular formula is C14H23BN2O4. The first-order chi connectivity index (χ1) is 10.1. The number of rotatable bonds is 9. The van der Waals surface area contributed by atoms with Crippen LogP contribution in [0.15, 0.2) is 30.3 Å². The topological polar surface area (TPSA) is 113 Å². The Hall–Kier alpha value is -1.50. The Morgan fingerprint density at radius 2 is 1.81 bits per heavy atom. The Kier molecular flexibility index (Phi) is 12.5. The Morgan fingerprint density at radius 3 is 2.38 bits per heavy atom. The minimum absolute atomic E-state index is 0.129. The number of hydrogen-bond donors (Lipinski definition) is 4. The van der Waals surface area contributed by atoms with Crippen LogP contribution >= 0.6 is 0 Å². The molecule has 0 saturated heterocycles. The molecule has 0 amide bonds. The van der Waals surface area contributed by atoms with Crippen LogP contribution in [0.2, 0.25) is 6.32 Å². The van der Waals surface area contributed by atoms with E-state index in [2.05, 4.69) is 17.4 Å². The van der Waals surface area contributed by atoms with E-state index in [-0.39, 0.29) is 12.2 Å². The van der Waals surface area contributed by atoms with Crippen molar-refractivity contribution in [1.29, 1.82) is 0 Å². The molecule has 0 aliphatic heterocycles. The van der Waals surface area contributed by atoms with Gasteiger partial charge in [0.05, 0.1) is 0 Å². The maximum absolute atomic E-state index is 8.70. The second kappa shape index (κ2) is 13.5. The summed E-state index contributed by atoms with van der Waals surface area (Å²) in [7, 11) is -1.18. The number of hydrogen-bond acceptors (Lipinski definition) is 6. The van der Waals surface area contributed by atoms with Crippen molar-refractivity contribution < 1.29 is 19.6 Å². The molecule has 0 radical (unpaired) electrons. The molecule has 5 N–H and O–H groups in total. The van der Waals surface area contributed by atoms with Crippen LogP contribution in [0.1, 0.15) is 24.8 Å². The van der Waals surface area contributed by atoms with Crippen molar-refractivity contribution in [3.05, 3.63) is 35.9 Å². The van der Waals surface area contributed by atoms with E-state index in [1.165, 1.54) is 5.56 Å². The summed E-state index contributed by atoms with van der Waals surface area (Å²) in [6.45, 7) is 1.63. The first-order valence-electron chi connectivity index (χ1n) is 6.95. The molecule has 0 spiro atoms. The Labute approximate surface area is 125 Å². The minimum atomic E-state index is -1.18. The molecule has 0 saturated carbocycles. The maximum atomic E-state index is 8.70. The molecule has 0 aromatic heterocycles. The van der Waals surface area contributed by atoms with E-state index < -0.39 is 7.12 Å². The fraction of sp³-hybridized carbons (Fsp3) is 0.500. The van der Waals surface area contributed by atoms with Gasteiger partial charge in [-0.15, -0.1) is 0 Å². The SMILES string of the molecule is NC(CCCCB(O)O)CNCc1ccccc1.O=C=O. The third-order valence-electron chi connectivity index (χ3n) is 2.87. The zero-order chi connectivity index (χ0) is 15.9. The predicted octanol–water partition coefficient (Wildman–Crippen LogP) is 0.163. The summed E-state index contributed by atoms with van der Waals surface area (Å²) in [4.78, 5) is 16.2. The summed E-state index contributed by atoms with van der Waals surface area (Å²) in [5, 5.41) is 20.7. The molecule has 1 rings (SSSR count). The zero-order valence-electron chi connectivity index (χ0n) is 12.1. The summed E-state index contributed by atoms with van der Waals surface area (Å²) in [6, 6.07) is 10.4. The summed E-state index contributed by atoms with van der Waals surface area (Å²) in [5.74, 6) is 0. The Morgan fingerprint density at radius 1 is 1.19 bits per heavy atom. The van der Waals surface area contributed by atoms with Crippen molar-refractivity contribution in [3.63, 3.8) is 0 Å². The molecule has 0 aliphatic rings. The first kappa shape index (κ1) is 19.5. The third-order valence-corrected chi connectivity index (χ3v) is 2.87. The number of nitrogens with one attached hydrogen (secondary N) is 1. The largest absolute Gasteiger partial charge is 0.451 e. The van der Waals surface area contributed by atoms with Crippen molar-refractivity contribution in [1.82, 2.24) is 5.32 Å². The molecule has 0 bridgehead atoms. The van der Waals surface area contributed by atoms with Crippen molar-refractivity contribution in [3.8, 4) is 0 Å². The second-order valence-corrected chi connectivity index (χ2v) is 4.72. The molecule has 1 aromatic rings. The van der Waals surface area contributed by atoms with Crippen LogP contribution in [-0.4, -0.2) is 35.9 Å². The molecular weight excluding hydrogens is 271 g/mol. The fourth-order valence-corrected chi connectivity index (χ4v) is 1.83. The average Bonchev–Trinajstić information content (AvgIpc) is 2.45. The molecule has 0 fully saturated rings. The van der Waals surface area contributed by atoms with E-state index in [9.17, 15) is 0 Å². The van der Waals surface area contributed by atoms with E-state index in [4.69, 9.17) is 25.4 Å². The van der Waals surface area contributed by atoms with Gasteiger partial charge < -0.3 is 21.1 Å². The molecule has 7 heteroatoms. The molecule has 6 nitrogen and oxygen atoms in total. The molecule has 0 heterocycles. The second-order valence-electron chi connectivity index (χ2n) is 4.72. The highest BCUT2D eigenvalue weighted by molar-refractivity contribution is 6.40. The minimum Gasteiger partial charge on any atom is -0.427 e. The summed E-state index contributed by atoms with van der Waals surface area (Å²) < 4.78 is 0. The lowest BCUT2D eigenvalue weighted by atomic mass is 9.83. The van der Waals surface area contributed by atoms with Gasteiger partial charge in [0, 0.05) is 19.1 Å². The molecule has 1 aromatic carbocycles. The lowest BCUT2D eigenvalue weighted by Gasteiger charge is -2.12. The smallest absolute Gasteiger partial charge is 0.427 e. The highest BCUT2D eigenvalue weighted by Gasteiger charge is 2.07. The molecule has 21 heavy (non-hydrogen) atoms. The quantitative estimate of drug-likeness (QED) is 0.381. The number of benzene rings is 1. The third kappa shape index (κ3) is 13.3. The van der Waals surface area contributed by atoms with Gasteiger partial charge in [0.25, 0.3) is 0 Å². The van der Waals surface area contributed by atoms with E-state index in [1.54, 1.807) is 0 Å². The average molecular weight is 294 g/mol. The lowest BCUT2D eigenvalue weighted by molar-refractivity contribution is -0.191. The van der Waals surface area contributed by atoms with Crippen LogP contribution in [0.25, 0.3) is 0 Å². The summed E-state index contributed by atoms with van der Waals surface area (Å²) in [5.41, 5.74) is 7.22. The van der Waals surface area contributed by atoms with Crippen molar-refractivity contribution in [2.45, 2.75) is 38.2 Å². The van der Waals surface area contributed by atoms with Crippen molar-refractivity contribution >= 4 is 13.3 Å². The van der Waals surface area contributed by atoms with E-state index in [0.717, 1.165) is 32.4 Å². The molecule has 1 unspecified atom stereocenters. The highest BCUT2D eigenvalue weighted by Crippen LogP contribution is 2.04. The van der Waals surface area contributed by atoms with Crippen LogP contribution in [0.3, 0.4) is 0 Å². The van der Waals surface area contributed by atoms with Gasteiger partial charge in [-0.3, -0.25) is 0 Å². The van der Waals surface area contributed by atoms with Gasteiger partial charge in [-0.05, 0) is 18.3 Å². The maximum Gasteiger partial charge on any atom is 0.451 e. The number of unbranched alkanes of at least 4 members (excludes halogenated alkanes) is 1. The van der Waals surface area contributed by atoms with Crippen LogP contribution < -0.4 is 11.1 Å². The monoisotopic (exact) mass is 294 g/mol. The van der Waals surface area contributed by atoms with Crippen molar-refractivity contribution in [2.24, 2.45) is 5.73 Å². The van der Waals surface area contributed by atoms with Crippen molar-refractivity contribution in [2.75, 3.05) is 6.54 Å². The van der Waals surface area contributed by atoms with Gasteiger partial charge >= 0.3 is 13.3 Å².